The summed E-state index contributed by atoms with van der Waals surface area (Å²) in [5.74, 6) is 0. The average molecular weight is 1160 g/mol. The Labute approximate surface area is 530 Å². The van der Waals surface area contributed by atoms with Crippen LogP contribution in [0.4, 0.5) is 0 Å². The topological polar surface area (TPSA) is 9.86 Å². The summed E-state index contributed by atoms with van der Waals surface area (Å²) in [5.41, 5.74) is 27.8. The fraction of sp³-hybridized carbons (Fsp3) is 0.0562. The van der Waals surface area contributed by atoms with Gasteiger partial charge in [-0.25, -0.2) is 0 Å². The van der Waals surface area contributed by atoms with Gasteiger partial charge in [-0.3, -0.25) is 0 Å². The van der Waals surface area contributed by atoms with Gasteiger partial charge in [0.25, 0.3) is 0 Å². The van der Waals surface area contributed by atoms with E-state index in [2.05, 4.69) is 337 Å². The molecule has 1 saturated carbocycles. The summed E-state index contributed by atoms with van der Waals surface area (Å²) >= 11 is 0. The molecule has 0 aliphatic heterocycles. The molecule has 2 heterocycles. The van der Waals surface area contributed by atoms with Gasteiger partial charge in [-0.1, -0.05) is 268 Å². The van der Waals surface area contributed by atoms with E-state index in [4.69, 9.17) is 0 Å². The minimum absolute atomic E-state index is 0.0460. The molecular formula is C89H62N2. The van der Waals surface area contributed by atoms with Crippen LogP contribution in [0.15, 0.2) is 303 Å². The van der Waals surface area contributed by atoms with Crippen molar-refractivity contribution in [2.75, 3.05) is 0 Å². The lowest BCUT2D eigenvalue weighted by Crippen LogP contribution is -2.20. The van der Waals surface area contributed by atoms with Crippen molar-refractivity contribution in [3.05, 3.63) is 337 Å². The number of benzene rings is 14. The molecule has 1 fully saturated rings. The van der Waals surface area contributed by atoms with Crippen molar-refractivity contribution in [2.24, 2.45) is 0 Å². The maximum Gasteiger partial charge on any atom is 0.0541 e. The molecule has 0 radical (unpaired) electrons. The van der Waals surface area contributed by atoms with Gasteiger partial charge in [-0.15, -0.1) is 0 Å². The zero-order valence-corrected chi connectivity index (χ0v) is 50.4. The maximum atomic E-state index is 2.52. The van der Waals surface area contributed by atoms with E-state index in [0.29, 0.717) is 0 Å². The smallest absolute Gasteiger partial charge is 0.0541 e. The molecule has 0 bridgehead atoms. The molecule has 0 N–H and O–H groups in total. The van der Waals surface area contributed by atoms with E-state index >= 15 is 0 Å². The van der Waals surface area contributed by atoms with Crippen molar-refractivity contribution in [3.8, 4) is 67.0 Å². The average Bonchev–Trinajstić information content (AvgIpc) is 1.58. The van der Waals surface area contributed by atoms with Gasteiger partial charge in [0.1, 0.15) is 0 Å². The van der Waals surface area contributed by atoms with E-state index < -0.39 is 0 Å². The van der Waals surface area contributed by atoms with Crippen LogP contribution in [0.3, 0.4) is 0 Å². The lowest BCUT2D eigenvalue weighted by Gasteiger charge is -2.27. The van der Waals surface area contributed by atoms with Crippen LogP contribution in [0.5, 0.6) is 0 Å². The Kier molecular flexibility index (Phi) is 12.5. The first-order chi connectivity index (χ1) is 45.0. The van der Waals surface area contributed by atoms with Gasteiger partial charge in [-0.05, 0) is 196 Å². The van der Waals surface area contributed by atoms with E-state index in [-0.39, 0.29) is 5.41 Å². The van der Waals surface area contributed by atoms with Gasteiger partial charge in [0, 0.05) is 38.3 Å². The third-order valence-corrected chi connectivity index (χ3v) is 20.1. The van der Waals surface area contributed by atoms with Gasteiger partial charge < -0.3 is 9.13 Å². The second-order valence-electron chi connectivity index (χ2n) is 25.2. The Bertz CT molecular complexity index is 5260. The Hall–Kier alpha value is -11.3. The SMILES string of the molecule is C(=C\c1ccc(-c2ccc3c(c2)c2ccccc2n3-c2ccc3ccccc3c2)cc1)/c1ccc(-c2ccc3c(c2)C2(CCCC2)c2cc(-c4ccc(/C=C/c5ccc(-c6ccc7c(c6)c6ccccc6n7-c6ccc7ccccc7c6)cc5)cc4)ccc2-3)cc1. The van der Waals surface area contributed by atoms with Crippen LogP contribution < -0.4 is 0 Å². The first-order valence-corrected chi connectivity index (χ1v) is 32.1. The first kappa shape index (κ1) is 52.8. The Morgan fingerprint density at radius 1 is 0.242 bits per heavy atom. The van der Waals surface area contributed by atoms with E-state index in [1.54, 1.807) is 0 Å². The normalized spacial score (nSPS) is 13.5. The minimum atomic E-state index is 0.0460. The van der Waals surface area contributed by atoms with Crippen LogP contribution in [-0.4, -0.2) is 9.13 Å². The molecule has 1 spiro atoms. The van der Waals surface area contributed by atoms with Crippen LogP contribution >= 0.6 is 0 Å². The summed E-state index contributed by atoms with van der Waals surface area (Å²) in [6, 6.07) is 113. The molecule has 16 aromatic rings. The third kappa shape index (κ3) is 9.08. The van der Waals surface area contributed by atoms with Crippen molar-refractivity contribution in [1.82, 2.24) is 9.13 Å². The highest BCUT2D eigenvalue weighted by Crippen LogP contribution is 2.58. The number of para-hydroxylation sites is 2. The fourth-order valence-electron chi connectivity index (χ4n) is 15.4. The van der Waals surface area contributed by atoms with Crippen LogP contribution in [0, 0.1) is 0 Å². The molecule has 2 aromatic heterocycles. The first-order valence-electron chi connectivity index (χ1n) is 32.1. The van der Waals surface area contributed by atoms with Gasteiger partial charge in [0.05, 0.1) is 22.1 Å². The molecule has 0 atom stereocenters. The standard InChI is InChI=1S/C89H62N2/c1-3-13-69-53-75(45-39-63(69)11-1)90-85-17-7-5-15-79(85)81-55-71(43-49-87(81)90)65-31-23-59(24-32-65)19-21-61-27-35-67(36-28-61)73-41-47-77-78-48-42-74(58-84(78)89(83(77)57-73)51-9-10-52-89)68-37-29-62(30-38-68)22-20-60-25-33-66(34-26-60)72-44-50-88-82(56-72)80-16-6-8-18-86(80)91(88)76-46-40-64-12-2-4-14-70(64)54-76/h1-8,11-50,53-58H,9-10,51-52H2/b21-19+,22-20+. The molecule has 2 aliphatic rings. The maximum absolute atomic E-state index is 2.52. The van der Waals surface area contributed by atoms with Crippen LogP contribution in [0.25, 0.3) is 156 Å². The van der Waals surface area contributed by atoms with Crippen LogP contribution in [-0.2, 0) is 5.41 Å². The molecule has 428 valence electrons. The molecule has 2 aliphatic carbocycles. The van der Waals surface area contributed by atoms with Crippen molar-refractivity contribution in [2.45, 2.75) is 31.1 Å². The molecule has 0 saturated heterocycles. The lowest BCUT2D eigenvalue weighted by atomic mass is 9.75. The molecule has 2 nitrogen and oxygen atoms in total. The van der Waals surface area contributed by atoms with E-state index in [0.717, 1.165) is 0 Å². The summed E-state index contributed by atoms with van der Waals surface area (Å²) in [6.07, 6.45) is 13.8. The highest BCUT2D eigenvalue weighted by Gasteiger charge is 2.45. The zero-order valence-electron chi connectivity index (χ0n) is 50.4. The third-order valence-electron chi connectivity index (χ3n) is 20.1. The van der Waals surface area contributed by atoms with E-state index in [9.17, 15) is 0 Å². The highest BCUT2D eigenvalue weighted by molar-refractivity contribution is 6.12. The number of aromatic nitrogens is 2. The molecule has 0 unspecified atom stereocenters. The fourth-order valence-corrected chi connectivity index (χ4v) is 15.4. The number of nitrogens with zero attached hydrogens (tertiary/aromatic N) is 2. The number of hydrogen-bond donors (Lipinski definition) is 0. The second kappa shape index (κ2) is 21.5. The molecular weight excluding hydrogens is 1100 g/mol. The number of rotatable bonds is 10. The van der Waals surface area contributed by atoms with Crippen molar-refractivity contribution in [3.63, 3.8) is 0 Å². The largest absolute Gasteiger partial charge is 0.309 e. The van der Waals surface area contributed by atoms with Crippen molar-refractivity contribution in [1.29, 1.82) is 0 Å². The Morgan fingerprint density at radius 2 is 0.560 bits per heavy atom. The monoisotopic (exact) mass is 1160 g/mol. The molecule has 14 aromatic carbocycles. The van der Waals surface area contributed by atoms with Gasteiger partial charge in [0.15, 0.2) is 0 Å². The second-order valence-corrected chi connectivity index (χ2v) is 25.2. The lowest BCUT2D eigenvalue weighted by molar-refractivity contribution is 0.550. The Morgan fingerprint density at radius 3 is 0.956 bits per heavy atom. The van der Waals surface area contributed by atoms with Gasteiger partial charge in [0.2, 0.25) is 0 Å². The quantitative estimate of drug-likeness (QED) is 0.121. The van der Waals surface area contributed by atoms with Crippen LogP contribution in [0.1, 0.15) is 59.1 Å². The van der Waals surface area contributed by atoms with E-state index in [1.807, 2.05) is 0 Å². The van der Waals surface area contributed by atoms with Crippen LogP contribution in [0.2, 0.25) is 0 Å². The van der Waals surface area contributed by atoms with Gasteiger partial charge >= 0.3 is 0 Å². The molecule has 2 heteroatoms. The molecule has 91 heavy (non-hydrogen) atoms. The zero-order chi connectivity index (χ0) is 60.0. The minimum Gasteiger partial charge on any atom is -0.309 e. The summed E-state index contributed by atoms with van der Waals surface area (Å²) in [4.78, 5) is 0. The Balaban J connectivity index is 0.546. The number of hydrogen-bond acceptors (Lipinski definition) is 0. The summed E-state index contributed by atoms with van der Waals surface area (Å²) in [5, 5.41) is 10.0. The predicted molar refractivity (Wildman–Crippen MR) is 387 cm³/mol. The molecule has 18 rings (SSSR count). The summed E-state index contributed by atoms with van der Waals surface area (Å²) in [7, 11) is 0. The predicted octanol–water partition coefficient (Wildman–Crippen LogP) is 24.0. The summed E-state index contributed by atoms with van der Waals surface area (Å²) in [6.45, 7) is 0. The number of fused-ring (bicyclic) bond motifs is 13. The summed E-state index contributed by atoms with van der Waals surface area (Å²) < 4.78 is 4.81. The van der Waals surface area contributed by atoms with E-state index in [1.165, 1.54) is 191 Å². The van der Waals surface area contributed by atoms with Crippen molar-refractivity contribution >= 4 is 89.5 Å². The van der Waals surface area contributed by atoms with Crippen molar-refractivity contribution < 1.29 is 0 Å². The highest BCUT2D eigenvalue weighted by atomic mass is 15.0. The molecule has 0 amide bonds. The van der Waals surface area contributed by atoms with Gasteiger partial charge in [-0.2, -0.15) is 0 Å².